The number of ether oxygens (including phenoxy) is 5. The van der Waals surface area contributed by atoms with Crippen LogP contribution in [0.3, 0.4) is 0 Å². The van der Waals surface area contributed by atoms with Gasteiger partial charge in [-0.3, -0.25) is 4.79 Å². The van der Waals surface area contributed by atoms with Crippen molar-refractivity contribution in [1.29, 1.82) is 0 Å². The number of carbonyl (C=O) groups excluding carboxylic acids is 1. The molecule has 192 valence electrons. The highest BCUT2D eigenvalue weighted by Crippen LogP contribution is 2.38. The molecule has 0 atom stereocenters. The number of methoxy groups -OCH3 is 4. The van der Waals surface area contributed by atoms with Crippen LogP contribution < -0.4 is 29.0 Å². The van der Waals surface area contributed by atoms with Crippen LogP contribution in [0, 0.1) is 0 Å². The van der Waals surface area contributed by atoms with Crippen molar-refractivity contribution in [2.45, 2.75) is 0 Å². The molecule has 0 unspecified atom stereocenters. The van der Waals surface area contributed by atoms with Crippen LogP contribution in [-0.4, -0.2) is 45.2 Å². The number of nitrogens with one attached hydrogen (secondary N) is 1. The fourth-order valence-corrected chi connectivity index (χ4v) is 4.08. The van der Waals surface area contributed by atoms with Crippen molar-refractivity contribution in [3.05, 3.63) is 83.6 Å². The number of pyridine rings is 1. The minimum atomic E-state index is -0.364. The number of aliphatic imine (C=N–C) groups is 1. The standard InChI is InChI=1S/C29H25N3O6/c1-34-24-15-18(16-25(35-2)26(24)36-3)27-30-23(28(33)32-27)14-19-12-17-13-21(38-20-8-6-5-7-9-20)10-11-22(17)31-29(19)37-4/h5-16H,1-4H3,(H,30,32,33)/b23-14-. The molecule has 1 aliphatic rings. The number of nitrogens with zero attached hydrogens (tertiary/aromatic N) is 2. The summed E-state index contributed by atoms with van der Waals surface area (Å²) in [7, 11) is 6.10. The zero-order valence-corrected chi connectivity index (χ0v) is 21.3. The SMILES string of the molecule is COc1cc(C2=N/C(=C\c3cc4cc(Oc5ccccc5)ccc4nc3OC)C(=O)N2)cc(OC)c1OC. The quantitative estimate of drug-likeness (QED) is 0.333. The van der Waals surface area contributed by atoms with Gasteiger partial charge in [0, 0.05) is 16.5 Å². The van der Waals surface area contributed by atoms with Crippen LogP contribution in [0.5, 0.6) is 34.6 Å². The van der Waals surface area contributed by atoms with E-state index in [0.717, 1.165) is 16.7 Å². The van der Waals surface area contributed by atoms with Crippen molar-refractivity contribution < 1.29 is 28.5 Å². The summed E-state index contributed by atoms with van der Waals surface area (Å²) < 4.78 is 27.7. The second kappa shape index (κ2) is 10.5. The number of amides is 1. The molecular weight excluding hydrogens is 486 g/mol. The molecule has 5 rings (SSSR count). The molecule has 1 N–H and O–H groups in total. The average molecular weight is 512 g/mol. The lowest BCUT2D eigenvalue weighted by atomic mass is 10.1. The molecule has 0 saturated carbocycles. The van der Waals surface area contributed by atoms with Crippen LogP contribution >= 0.6 is 0 Å². The smallest absolute Gasteiger partial charge is 0.275 e. The van der Waals surface area contributed by atoms with E-state index in [1.807, 2.05) is 54.6 Å². The van der Waals surface area contributed by atoms with Crippen LogP contribution in [-0.2, 0) is 4.79 Å². The minimum Gasteiger partial charge on any atom is -0.493 e. The van der Waals surface area contributed by atoms with E-state index in [2.05, 4.69) is 15.3 Å². The van der Waals surface area contributed by atoms with E-state index in [9.17, 15) is 4.79 Å². The first-order valence-electron chi connectivity index (χ1n) is 11.7. The molecule has 0 spiro atoms. The van der Waals surface area contributed by atoms with Crippen molar-refractivity contribution in [2.75, 3.05) is 28.4 Å². The molecule has 38 heavy (non-hydrogen) atoms. The van der Waals surface area contributed by atoms with E-state index in [-0.39, 0.29) is 11.6 Å². The number of hydrogen-bond donors (Lipinski definition) is 1. The molecule has 1 amide bonds. The molecule has 0 radical (unpaired) electrons. The number of benzene rings is 3. The molecule has 9 nitrogen and oxygen atoms in total. The third-order valence-electron chi connectivity index (χ3n) is 5.88. The molecule has 1 aliphatic heterocycles. The van der Waals surface area contributed by atoms with Crippen molar-refractivity contribution in [1.82, 2.24) is 10.3 Å². The molecule has 1 aromatic heterocycles. The maximum absolute atomic E-state index is 12.9. The molecule has 4 aromatic rings. The number of rotatable bonds is 8. The molecule has 9 heteroatoms. The van der Waals surface area contributed by atoms with Gasteiger partial charge in [0.05, 0.1) is 34.0 Å². The third kappa shape index (κ3) is 4.81. The summed E-state index contributed by atoms with van der Waals surface area (Å²) in [5, 5.41) is 3.62. The molecule has 0 fully saturated rings. The zero-order chi connectivity index (χ0) is 26.6. The fraction of sp³-hybridized carbons (Fsp3) is 0.138. The van der Waals surface area contributed by atoms with Crippen molar-refractivity contribution in [3.8, 4) is 34.6 Å². The van der Waals surface area contributed by atoms with Gasteiger partial charge in [-0.15, -0.1) is 0 Å². The van der Waals surface area contributed by atoms with Crippen molar-refractivity contribution in [2.24, 2.45) is 4.99 Å². The topological polar surface area (TPSA) is 100 Å². The summed E-state index contributed by atoms with van der Waals surface area (Å²) >= 11 is 0. The van der Waals surface area contributed by atoms with E-state index in [4.69, 9.17) is 23.7 Å². The Morgan fingerprint density at radius 3 is 2.18 bits per heavy atom. The van der Waals surface area contributed by atoms with Crippen LogP contribution in [0.1, 0.15) is 11.1 Å². The van der Waals surface area contributed by atoms with E-state index in [1.165, 1.54) is 28.4 Å². The fourth-order valence-electron chi connectivity index (χ4n) is 4.08. The van der Waals surface area contributed by atoms with Crippen LogP contribution in [0.25, 0.3) is 17.0 Å². The first kappa shape index (κ1) is 24.6. The predicted molar refractivity (Wildman–Crippen MR) is 144 cm³/mol. The monoisotopic (exact) mass is 511 g/mol. The lowest BCUT2D eigenvalue weighted by Gasteiger charge is -2.13. The third-order valence-corrected chi connectivity index (χ3v) is 5.88. The Bertz CT molecular complexity index is 1560. The van der Waals surface area contributed by atoms with Crippen LogP contribution in [0.2, 0.25) is 0 Å². The maximum Gasteiger partial charge on any atom is 0.275 e. The van der Waals surface area contributed by atoms with Gasteiger partial charge in [-0.25, -0.2) is 9.98 Å². The molecule has 0 bridgehead atoms. The average Bonchev–Trinajstić information content (AvgIpc) is 3.32. The predicted octanol–water partition coefficient (Wildman–Crippen LogP) is 4.98. The van der Waals surface area contributed by atoms with Crippen LogP contribution in [0.15, 0.2) is 77.4 Å². The van der Waals surface area contributed by atoms with Gasteiger partial charge in [0.15, 0.2) is 11.5 Å². The highest BCUT2D eigenvalue weighted by molar-refractivity contribution is 6.20. The van der Waals surface area contributed by atoms with Crippen molar-refractivity contribution in [3.63, 3.8) is 0 Å². The Morgan fingerprint density at radius 2 is 1.53 bits per heavy atom. The number of para-hydroxylation sites is 1. The van der Waals surface area contributed by atoms with Crippen molar-refractivity contribution >= 4 is 28.7 Å². The lowest BCUT2D eigenvalue weighted by Crippen LogP contribution is -2.24. The van der Waals surface area contributed by atoms with E-state index < -0.39 is 0 Å². The van der Waals surface area contributed by atoms with E-state index >= 15 is 0 Å². The van der Waals surface area contributed by atoms with Gasteiger partial charge < -0.3 is 29.0 Å². The molecule has 0 aliphatic carbocycles. The summed E-state index contributed by atoms with van der Waals surface area (Å²) in [5.41, 5.74) is 2.12. The van der Waals surface area contributed by atoms with Gasteiger partial charge in [-0.2, -0.15) is 0 Å². The highest BCUT2D eigenvalue weighted by Gasteiger charge is 2.24. The Morgan fingerprint density at radius 1 is 0.789 bits per heavy atom. The van der Waals surface area contributed by atoms with Crippen LogP contribution in [0.4, 0.5) is 0 Å². The first-order valence-corrected chi connectivity index (χ1v) is 11.7. The molecule has 2 heterocycles. The van der Waals surface area contributed by atoms with Gasteiger partial charge in [-0.05, 0) is 54.6 Å². The second-order valence-corrected chi connectivity index (χ2v) is 8.21. The summed E-state index contributed by atoms with van der Waals surface area (Å²) in [5.74, 6) is 3.09. The highest BCUT2D eigenvalue weighted by atomic mass is 16.5. The van der Waals surface area contributed by atoms with E-state index in [1.54, 1.807) is 18.2 Å². The Balaban J connectivity index is 1.52. The molecule has 3 aromatic carbocycles. The number of aromatic nitrogens is 1. The normalized spacial score (nSPS) is 13.7. The van der Waals surface area contributed by atoms with E-state index in [0.29, 0.717) is 45.8 Å². The molecular formula is C29H25N3O6. The Labute approximate surface area is 219 Å². The van der Waals surface area contributed by atoms with Gasteiger partial charge in [0.2, 0.25) is 11.6 Å². The number of fused-ring (bicyclic) bond motifs is 1. The molecule has 0 saturated heterocycles. The summed E-state index contributed by atoms with van der Waals surface area (Å²) in [6.07, 6.45) is 1.64. The van der Waals surface area contributed by atoms with Gasteiger partial charge >= 0.3 is 0 Å². The first-order chi connectivity index (χ1) is 18.5. The summed E-state index contributed by atoms with van der Waals surface area (Å²) in [6, 6.07) is 20.4. The second-order valence-electron chi connectivity index (χ2n) is 8.21. The Kier molecular flexibility index (Phi) is 6.82. The zero-order valence-electron chi connectivity index (χ0n) is 21.3. The Hall–Kier alpha value is -5.05. The lowest BCUT2D eigenvalue weighted by molar-refractivity contribution is -0.115. The van der Waals surface area contributed by atoms with Gasteiger partial charge in [0.25, 0.3) is 5.91 Å². The summed E-state index contributed by atoms with van der Waals surface area (Å²) in [4.78, 5) is 22.0. The number of hydrogen-bond acceptors (Lipinski definition) is 8. The van der Waals surface area contributed by atoms with Gasteiger partial charge in [-0.1, -0.05) is 18.2 Å². The number of amidine groups is 1. The maximum atomic E-state index is 12.9. The van der Waals surface area contributed by atoms with Gasteiger partial charge in [0.1, 0.15) is 23.0 Å². The number of carbonyl (C=O) groups is 1. The summed E-state index contributed by atoms with van der Waals surface area (Å²) in [6.45, 7) is 0. The minimum absolute atomic E-state index is 0.199. The largest absolute Gasteiger partial charge is 0.493 e.